The smallest absolute Gasteiger partial charge is 0.124 e. The average molecular weight is 422 g/mol. The zero-order valence-corrected chi connectivity index (χ0v) is 14.7. The quantitative estimate of drug-likeness (QED) is 0.687. The van der Waals surface area contributed by atoms with E-state index in [2.05, 4.69) is 37.2 Å². The molecule has 0 heterocycles. The summed E-state index contributed by atoms with van der Waals surface area (Å²) in [5.41, 5.74) is 2.12. The summed E-state index contributed by atoms with van der Waals surface area (Å²) in [6, 6.07) is 10.5. The highest BCUT2D eigenvalue weighted by molar-refractivity contribution is 9.10. The van der Waals surface area contributed by atoms with Gasteiger partial charge in [0.25, 0.3) is 0 Å². The molecule has 20 heavy (non-hydrogen) atoms. The minimum Gasteiger partial charge on any atom is -0.313 e. The Balaban J connectivity index is 2.31. The number of likely N-dealkylation sites (N-methyl/N-ethyl adjacent to an activating group) is 1. The molecule has 0 amide bonds. The van der Waals surface area contributed by atoms with Crippen LogP contribution in [0.5, 0.6) is 0 Å². The molecule has 0 aromatic heterocycles. The highest BCUT2D eigenvalue weighted by atomic mass is 79.9. The Kier molecular flexibility index (Phi) is 5.61. The van der Waals surface area contributed by atoms with E-state index in [0.717, 1.165) is 26.5 Å². The molecule has 1 unspecified atom stereocenters. The molecule has 1 atom stereocenters. The van der Waals surface area contributed by atoms with Gasteiger partial charge in [0.05, 0.1) is 0 Å². The van der Waals surface area contributed by atoms with Gasteiger partial charge in [0, 0.05) is 20.0 Å². The predicted molar refractivity (Wildman–Crippen MR) is 88.8 cm³/mol. The first-order valence-corrected chi connectivity index (χ1v) is 8.04. The topological polar surface area (TPSA) is 12.0 Å². The van der Waals surface area contributed by atoms with Gasteiger partial charge < -0.3 is 5.32 Å². The third-order valence-electron chi connectivity index (χ3n) is 3.12. The molecule has 0 aliphatic heterocycles. The molecular weight excluding hydrogens is 408 g/mol. The molecule has 0 saturated carbocycles. The maximum absolute atomic E-state index is 13.1. The van der Waals surface area contributed by atoms with Crippen molar-refractivity contribution in [3.8, 4) is 0 Å². The molecule has 0 spiro atoms. The predicted octanol–water partition coefficient (Wildman–Crippen LogP) is 5.51. The van der Waals surface area contributed by atoms with Crippen molar-refractivity contribution < 1.29 is 4.39 Å². The van der Waals surface area contributed by atoms with Crippen LogP contribution in [0.25, 0.3) is 0 Å². The van der Waals surface area contributed by atoms with E-state index in [-0.39, 0.29) is 11.9 Å². The lowest BCUT2D eigenvalue weighted by Crippen LogP contribution is -2.19. The normalized spacial score (nSPS) is 12.4. The number of nitrogens with one attached hydrogen (secondary N) is 1. The van der Waals surface area contributed by atoms with Gasteiger partial charge in [-0.3, -0.25) is 0 Å². The largest absolute Gasteiger partial charge is 0.313 e. The molecule has 2 aromatic carbocycles. The van der Waals surface area contributed by atoms with Gasteiger partial charge in [-0.1, -0.05) is 49.5 Å². The minimum atomic E-state index is -0.245. The first-order chi connectivity index (χ1) is 9.51. The second-order valence-electron chi connectivity index (χ2n) is 4.45. The van der Waals surface area contributed by atoms with E-state index in [4.69, 9.17) is 11.6 Å². The van der Waals surface area contributed by atoms with E-state index in [1.807, 2.05) is 25.2 Å². The fraction of sp³-hybridized carbons (Fsp3) is 0.200. The average Bonchev–Trinajstić information content (AvgIpc) is 2.41. The number of hydrogen-bond donors (Lipinski definition) is 1. The highest BCUT2D eigenvalue weighted by Crippen LogP contribution is 2.30. The Bertz CT molecular complexity index is 619. The Morgan fingerprint density at radius 2 is 1.90 bits per heavy atom. The van der Waals surface area contributed by atoms with Gasteiger partial charge in [0.2, 0.25) is 0 Å². The summed E-state index contributed by atoms with van der Waals surface area (Å²) in [4.78, 5) is 0. The highest BCUT2D eigenvalue weighted by Gasteiger charge is 2.15. The SMILES string of the molecule is CNC(Cc1ccc(F)cc1Br)c1cc(Cl)ccc1Br. The summed E-state index contributed by atoms with van der Waals surface area (Å²) in [5, 5.41) is 3.97. The Morgan fingerprint density at radius 3 is 2.55 bits per heavy atom. The van der Waals surface area contributed by atoms with Crippen LogP contribution in [-0.2, 0) is 6.42 Å². The van der Waals surface area contributed by atoms with Crippen LogP contribution < -0.4 is 5.32 Å². The van der Waals surface area contributed by atoms with Gasteiger partial charge in [0.1, 0.15) is 5.82 Å². The summed E-state index contributed by atoms with van der Waals surface area (Å²) in [5.74, 6) is -0.245. The Morgan fingerprint density at radius 1 is 1.15 bits per heavy atom. The molecular formula is C15H13Br2ClFN. The Labute approximate surface area is 139 Å². The van der Waals surface area contributed by atoms with Crippen molar-refractivity contribution in [2.24, 2.45) is 0 Å². The third kappa shape index (κ3) is 3.82. The zero-order chi connectivity index (χ0) is 14.7. The molecule has 0 aliphatic carbocycles. The summed E-state index contributed by atoms with van der Waals surface area (Å²) in [6.45, 7) is 0. The minimum absolute atomic E-state index is 0.0878. The zero-order valence-electron chi connectivity index (χ0n) is 10.8. The van der Waals surface area contributed by atoms with E-state index in [0.29, 0.717) is 5.02 Å². The molecule has 1 nitrogen and oxygen atoms in total. The second kappa shape index (κ2) is 7.03. The molecule has 5 heteroatoms. The van der Waals surface area contributed by atoms with Crippen LogP contribution in [-0.4, -0.2) is 7.05 Å². The molecule has 0 radical (unpaired) electrons. The van der Waals surface area contributed by atoms with Crippen molar-refractivity contribution >= 4 is 43.5 Å². The molecule has 0 bridgehead atoms. The summed E-state index contributed by atoms with van der Waals surface area (Å²) >= 11 is 13.0. The molecule has 0 saturated heterocycles. The van der Waals surface area contributed by atoms with Crippen LogP contribution in [0, 0.1) is 5.82 Å². The summed E-state index contributed by atoms with van der Waals surface area (Å²) < 4.78 is 14.9. The van der Waals surface area contributed by atoms with Gasteiger partial charge in [-0.2, -0.15) is 0 Å². The number of rotatable bonds is 4. The van der Waals surface area contributed by atoms with Gasteiger partial charge in [-0.25, -0.2) is 4.39 Å². The lowest BCUT2D eigenvalue weighted by Gasteiger charge is -2.19. The lowest BCUT2D eigenvalue weighted by atomic mass is 9.99. The van der Waals surface area contributed by atoms with Gasteiger partial charge in [-0.15, -0.1) is 0 Å². The van der Waals surface area contributed by atoms with Crippen LogP contribution in [0.4, 0.5) is 4.39 Å². The first-order valence-electron chi connectivity index (χ1n) is 6.07. The van der Waals surface area contributed by atoms with Crippen LogP contribution >= 0.6 is 43.5 Å². The number of hydrogen-bond acceptors (Lipinski definition) is 1. The van der Waals surface area contributed by atoms with Crippen LogP contribution in [0.3, 0.4) is 0 Å². The number of halogens is 4. The molecule has 1 N–H and O–H groups in total. The van der Waals surface area contributed by atoms with E-state index in [1.165, 1.54) is 12.1 Å². The van der Waals surface area contributed by atoms with Crippen LogP contribution in [0.15, 0.2) is 45.3 Å². The number of benzene rings is 2. The van der Waals surface area contributed by atoms with Crippen LogP contribution in [0.1, 0.15) is 17.2 Å². The summed E-state index contributed by atoms with van der Waals surface area (Å²) in [7, 11) is 1.90. The molecule has 2 aromatic rings. The van der Waals surface area contributed by atoms with Crippen molar-refractivity contribution in [1.82, 2.24) is 5.32 Å². The van der Waals surface area contributed by atoms with Crippen molar-refractivity contribution in [3.05, 3.63) is 67.3 Å². The Hall–Kier alpha value is -0.420. The third-order valence-corrected chi connectivity index (χ3v) is 4.82. The van der Waals surface area contributed by atoms with Crippen molar-refractivity contribution in [3.63, 3.8) is 0 Å². The maximum atomic E-state index is 13.1. The van der Waals surface area contributed by atoms with Crippen molar-refractivity contribution in [1.29, 1.82) is 0 Å². The second-order valence-corrected chi connectivity index (χ2v) is 6.59. The molecule has 0 fully saturated rings. The summed E-state index contributed by atoms with van der Waals surface area (Å²) in [6.07, 6.45) is 0.732. The van der Waals surface area contributed by atoms with E-state index >= 15 is 0 Å². The van der Waals surface area contributed by atoms with E-state index in [1.54, 1.807) is 6.07 Å². The molecule has 106 valence electrons. The van der Waals surface area contributed by atoms with E-state index in [9.17, 15) is 4.39 Å². The van der Waals surface area contributed by atoms with Gasteiger partial charge >= 0.3 is 0 Å². The maximum Gasteiger partial charge on any atom is 0.124 e. The lowest BCUT2D eigenvalue weighted by molar-refractivity contribution is 0.585. The van der Waals surface area contributed by atoms with Gasteiger partial charge in [0.15, 0.2) is 0 Å². The molecule has 0 aliphatic rings. The van der Waals surface area contributed by atoms with Crippen molar-refractivity contribution in [2.75, 3.05) is 7.05 Å². The first kappa shape index (κ1) is 16.0. The standard InChI is InChI=1S/C15H13Br2ClFN/c1-20-15(12-7-10(18)3-5-13(12)16)6-9-2-4-11(19)8-14(9)17/h2-5,7-8,15,20H,6H2,1H3. The van der Waals surface area contributed by atoms with Crippen LogP contribution in [0.2, 0.25) is 5.02 Å². The monoisotopic (exact) mass is 419 g/mol. The van der Waals surface area contributed by atoms with Gasteiger partial charge in [-0.05, 0) is 54.9 Å². The fourth-order valence-corrected chi connectivity index (χ4v) is 3.27. The van der Waals surface area contributed by atoms with Crippen molar-refractivity contribution in [2.45, 2.75) is 12.5 Å². The van der Waals surface area contributed by atoms with E-state index < -0.39 is 0 Å². The molecule has 2 rings (SSSR count). The fourth-order valence-electron chi connectivity index (χ4n) is 2.06.